The fraction of sp³-hybridized carbons (Fsp3) is 0.235. The molecule has 0 unspecified atom stereocenters. The number of benzene rings is 2. The molecule has 0 saturated heterocycles. The van der Waals surface area contributed by atoms with E-state index in [2.05, 4.69) is 4.85 Å². The topological polar surface area (TPSA) is 39.6 Å². The third-order valence-electron chi connectivity index (χ3n) is 3.78. The lowest BCUT2D eigenvalue weighted by atomic mass is 9.94. The Kier molecular flexibility index (Phi) is 3.78. The first-order valence-corrected chi connectivity index (χ1v) is 6.99. The lowest BCUT2D eigenvalue weighted by molar-refractivity contribution is 0.182. The second-order valence-electron chi connectivity index (χ2n) is 5.23. The maximum absolute atomic E-state index is 13.9. The molecule has 0 fully saturated rings. The van der Waals surface area contributed by atoms with E-state index in [1.807, 2.05) is 0 Å². The van der Waals surface area contributed by atoms with E-state index in [1.165, 1.54) is 24.3 Å². The van der Waals surface area contributed by atoms with Crippen molar-refractivity contribution >= 4 is 5.69 Å². The Labute approximate surface area is 127 Å². The van der Waals surface area contributed by atoms with Crippen molar-refractivity contribution in [2.45, 2.75) is 18.9 Å². The number of aryl methyl sites for hydroxylation is 1. The van der Waals surface area contributed by atoms with Gasteiger partial charge in [0.2, 0.25) is 0 Å². The fourth-order valence-electron chi connectivity index (χ4n) is 2.71. The molecular formula is C17H14F2N2O. The Balaban J connectivity index is 2.20. The zero-order valence-corrected chi connectivity index (χ0v) is 11.8. The van der Waals surface area contributed by atoms with Crippen LogP contribution in [-0.2, 0) is 6.42 Å². The van der Waals surface area contributed by atoms with Gasteiger partial charge in [0.25, 0.3) is 0 Å². The summed E-state index contributed by atoms with van der Waals surface area (Å²) in [6.07, 6.45) is 1.26. The molecule has 2 aromatic carbocycles. The largest absolute Gasteiger partial charge is 0.488 e. The number of fused-ring (bicyclic) bond motifs is 1. The number of nitrogens with zero attached hydrogens (tertiary/aromatic N) is 1. The minimum atomic E-state index is -0.499. The van der Waals surface area contributed by atoms with Gasteiger partial charge in [0.15, 0.2) is 5.69 Å². The summed E-state index contributed by atoms with van der Waals surface area (Å²) in [5.74, 6) is -0.357. The molecule has 0 spiro atoms. The molecule has 3 rings (SSSR count). The molecule has 3 nitrogen and oxygen atoms in total. The number of hydrogen-bond acceptors (Lipinski definition) is 2. The van der Waals surface area contributed by atoms with Crippen LogP contribution in [0.2, 0.25) is 0 Å². The van der Waals surface area contributed by atoms with Gasteiger partial charge in [0, 0.05) is 12.1 Å². The summed E-state index contributed by atoms with van der Waals surface area (Å²) < 4.78 is 33.1. The molecule has 1 atom stereocenters. The van der Waals surface area contributed by atoms with Crippen LogP contribution in [0, 0.1) is 18.2 Å². The maximum atomic E-state index is 13.9. The third-order valence-corrected chi connectivity index (χ3v) is 3.78. The van der Waals surface area contributed by atoms with Gasteiger partial charge in [-0.1, -0.05) is 6.07 Å². The lowest BCUT2D eigenvalue weighted by Gasteiger charge is -2.27. The Bertz CT molecular complexity index is 768. The van der Waals surface area contributed by atoms with E-state index in [4.69, 9.17) is 17.0 Å². The van der Waals surface area contributed by atoms with Crippen LogP contribution < -0.4 is 10.5 Å². The minimum Gasteiger partial charge on any atom is -0.488 e. The van der Waals surface area contributed by atoms with Crippen LogP contribution in [0.5, 0.6) is 5.75 Å². The molecule has 0 saturated carbocycles. The molecule has 22 heavy (non-hydrogen) atoms. The van der Waals surface area contributed by atoms with E-state index >= 15 is 0 Å². The second kappa shape index (κ2) is 5.74. The summed E-state index contributed by atoms with van der Waals surface area (Å²) in [6.45, 7) is 7.57. The highest BCUT2D eigenvalue weighted by molar-refractivity contribution is 5.83. The summed E-state index contributed by atoms with van der Waals surface area (Å²) in [4.78, 5) is 3.33. The van der Waals surface area contributed by atoms with E-state index in [9.17, 15) is 8.78 Å². The molecular weight excluding hydrogens is 286 g/mol. The van der Waals surface area contributed by atoms with Gasteiger partial charge in [-0.15, -0.1) is 0 Å². The summed E-state index contributed by atoms with van der Waals surface area (Å²) in [7, 11) is 0. The second-order valence-corrected chi connectivity index (χ2v) is 5.23. The van der Waals surface area contributed by atoms with Crippen LogP contribution in [0.3, 0.4) is 0 Å². The number of ether oxygens (including phenoxy) is 1. The average molecular weight is 300 g/mol. The first-order chi connectivity index (χ1) is 10.6. The molecule has 0 radical (unpaired) electrons. The van der Waals surface area contributed by atoms with Crippen molar-refractivity contribution in [3.63, 3.8) is 0 Å². The highest BCUT2D eigenvalue weighted by Gasteiger charge is 2.24. The molecule has 1 aliphatic rings. The molecule has 112 valence electrons. The predicted molar refractivity (Wildman–Crippen MR) is 79.8 cm³/mol. The van der Waals surface area contributed by atoms with Gasteiger partial charge in [0.05, 0.1) is 6.57 Å². The van der Waals surface area contributed by atoms with Crippen LogP contribution in [0.1, 0.15) is 12.0 Å². The van der Waals surface area contributed by atoms with Crippen molar-refractivity contribution in [2.75, 3.05) is 6.54 Å². The van der Waals surface area contributed by atoms with Crippen molar-refractivity contribution in [1.82, 2.24) is 0 Å². The van der Waals surface area contributed by atoms with Crippen LogP contribution in [-0.4, -0.2) is 12.6 Å². The number of rotatable bonds is 2. The minimum absolute atomic E-state index is 0.131. The van der Waals surface area contributed by atoms with E-state index in [1.54, 1.807) is 0 Å². The molecule has 1 aliphatic heterocycles. The first kappa shape index (κ1) is 14.5. The van der Waals surface area contributed by atoms with Crippen LogP contribution in [0.4, 0.5) is 14.5 Å². The van der Waals surface area contributed by atoms with Crippen LogP contribution in [0.15, 0.2) is 30.3 Å². The Morgan fingerprint density at radius 2 is 2.00 bits per heavy atom. The molecule has 0 aromatic heterocycles. The molecule has 0 bridgehead atoms. The van der Waals surface area contributed by atoms with Gasteiger partial charge in [-0.2, -0.15) is 0 Å². The maximum Gasteiger partial charge on any atom is 0.197 e. The van der Waals surface area contributed by atoms with Gasteiger partial charge < -0.3 is 10.5 Å². The average Bonchev–Trinajstić information content (AvgIpc) is 2.53. The zero-order chi connectivity index (χ0) is 15.7. The Hall–Kier alpha value is -2.45. The van der Waals surface area contributed by atoms with E-state index in [0.29, 0.717) is 29.8 Å². The molecule has 2 aromatic rings. The van der Waals surface area contributed by atoms with Gasteiger partial charge in [-0.05, 0) is 48.2 Å². The number of hydrogen-bond donors (Lipinski definition) is 1. The van der Waals surface area contributed by atoms with Crippen molar-refractivity contribution in [1.29, 1.82) is 0 Å². The predicted octanol–water partition coefficient (Wildman–Crippen LogP) is 3.83. The van der Waals surface area contributed by atoms with E-state index in [-0.39, 0.29) is 11.8 Å². The van der Waals surface area contributed by atoms with Crippen molar-refractivity contribution in [3.05, 3.63) is 58.9 Å². The monoisotopic (exact) mass is 300 g/mol. The summed E-state index contributed by atoms with van der Waals surface area (Å²) >= 11 is 0. The van der Waals surface area contributed by atoms with Gasteiger partial charge in [-0.3, -0.25) is 0 Å². The third kappa shape index (κ3) is 2.53. The van der Waals surface area contributed by atoms with Gasteiger partial charge in [0.1, 0.15) is 23.5 Å². The highest BCUT2D eigenvalue weighted by atomic mass is 19.1. The lowest BCUT2D eigenvalue weighted by Crippen LogP contribution is -2.30. The molecule has 0 amide bonds. The summed E-state index contributed by atoms with van der Waals surface area (Å²) in [5, 5.41) is 0. The summed E-state index contributed by atoms with van der Waals surface area (Å²) in [6, 6.07) is 6.63. The Morgan fingerprint density at radius 1 is 1.18 bits per heavy atom. The molecule has 0 aliphatic carbocycles. The zero-order valence-electron chi connectivity index (χ0n) is 11.8. The SMILES string of the molecule is [C-]#[N+]c1cc(F)ccc1-c1cc(F)cc2c1O[C@@H](CN)CC2. The van der Waals surface area contributed by atoms with Crippen molar-refractivity contribution in [2.24, 2.45) is 5.73 Å². The summed E-state index contributed by atoms with van der Waals surface area (Å²) in [5.41, 5.74) is 7.47. The fourth-order valence-corrected chi connectivity index (χ4v) is 2.71. The van der Waals surface area contributed by atoms with Gasteiger partial charge >= 0.3 is 0 Å². The van der Waals surface area contributed by atoms with Crippen molar-refractivity contribution in [3.8, 4) is 16.9 Å². The van der Waals surface area contributed by atoms with Gasteiger partial charge in [-0.25, -0.2) is 13.6 Å². The molecule has 1 heterocycles. The van der Waals surface area contributed by atoms with E-state index < -0.39 is 11.6 Å². The quantitative estimate of drug-likeness (QED) is 0.856. The Morgan fingerprint density at radius 3 is 2.73 bits per heavy atom. The normalized spacial score (nSPS) is 16.5. The smallest absolute Gasteiger partial charge is 0.197 e. The van der Waals surface area contributed by atoms with Crippen molar-refractivity contribution < 1.29 is 13.5 Å². The number of nitrogens with two attached hydrogens (primary N) is 1. The van der Waals surface area contributed by atoms with E-state index in [0.717, 1.165) is 18.1 Å². The number of halogens is 2. The molecule has 2 N–H and O–H groups in total. The van der Waals surface area contributed by atoms with Crippen LogP contribution in [0.25, 0.3) is 16.0 Å². The first-order valence-electron chi connectivity index (χ1n) is 6.99. The molecule has 5 heteroatoms. The van der Waals surface area contributed by atoms with Crippen LogP contribution >= 0.6 is 0 Å². The highest BCUT2D eigenvalue weighted by Crippen LogP contribution is 2.42. The standard InChI is InChI=1S/C17H14F2N2O/c1-21-16-8-11(18)3-5-14(16)15-7-12(19)6-10-2-4-13(9-20)22-17(10)15/h3,5-8,13H,2,4,9,20H2/t13-/m1/s1.